The lowest BCUT2D eigenvalue weighted by Gasteiger charge is -2.41. The van der Waals surface area contributed by atoms with Crippen molar-refractivity contribution in [3.8, 4) is 11.1 Å². The van der Waals surface area contributed by atoms with Gasteiger partial charge in [-0.1, -0.05) is 55.3 Å². The van der Waals surface area contributed by atoms with Crippen molar-refractivity contribution >= 4 is 46.9 Å². The maximum atomic E-state index is 12.8. The van der Waals surface area contributed by atoms with Gasteiger partial charge in [-0.15, -0.1) is 0 Å². The van der Waals surface area contributed by atoms with Crippen molar-refractivity contribution in [3.05, 3.63) is 77.9 Å². The van der Waals surface area contributed by atoms with E-state index < -0.39 is 41.1 Å². The third-order valence-electron chi connectivity index (χ3n) is 8.80. The smallest absolute Gasteiger partial charge is 0.412 e. The lowest BCUT2D eigenvalue weighted by molar-refractivity contribution is -0.138. The van der Waals surface area contributed by atoms with Gasteiger partial charge in [-0.3, -0.25) is 25.2 Å². The Morgan fingerprint density at radius 3 is 1.96 bits per heavy atom. The van der Waals surface area contributed by atoms with Gasteiger partial charge in [0.05, 0.1) is 12.1 Å². The van der Waals surface area contributed by atoms with Gasteiger partial charge in [0.2, 0.25) is 5.78 Å². The second-order valence-corrected chi connectivity index (χ2v) is 15.9. The number of benzene rings is 3. The van der Waals surface area contributed by atoms with Gasteiger partial charge >= 0.3 is 12.2 Å². The van der Waals surface area contributed by atoms with Gasteiger partial charge in [-0.2, -0.15) is 0 Å². The fourth-order valence-electron chi connectivity index (χ4n) is 6.45. The summed E-state index contributed by atoms with van der Waals surface area (Å²) in [5, 5.41) is 8.50. The maximum Gasteiger partial charge on any atom is 0.412 e. The summed E-state index contributed by atoms with van der Waals surface area (Å²) in [6.07, 6.45) is 2.87. The van der Waals surface area contributed by atoms with E-state index in [1.807, 2.05) is 96.1 Å². The highest BCUT2D eigenvalue weighted by Gasteiger charge is 2.33. The van der Waals surface area contributed by atoms with Crippen LogP contribution in [0.15, 0.2) is 71.7 Å². The Hall–Kier alpha value is -5.63. The third-order valence-corrected chi connectivity index (χ3v) is 8.80. The number of carbonyl (C=O) groups is 4. The summed E-state index contributed by atoms with van der Waals surface area (Å²) in [5.74, 6) is -1.38. The van der Waals surface area contributed by atoms with Crippen LogP contribution >= 0.6 is 0 Å². The quantitative estimate of drug-likeness (QED) is 0.0398. The largest absolute Gasteiger partial charge is 0.444 e. The molecule has 0 aliphatic carbocycles. The van der Waals surface area contributed by atoms with E-state index >= 15 is 0 Å². The molecule has 1 unspecified atom stereocenters. The predicted octanol–water partition coefficient (Wildman–Crippen LogP) is 6.58. The fraction of sp³-hybridized carbons (Fsp3) is 0.452. The zero-order valence-electron chi connectivity index (χ0n) is 33.4. The highest BCUT2D eigenvalue weighted by molar-refractivity contribution is 6.38. The van der Waals surface area contributed by atoms with Crippen LogP contribution in [0.3, 0.4) is 0 Å². The van der Waals surface area contributed by atoms with Crippen molar-refractivity contribution in [1.29, 1.82) is 0 Å². The molecule has 0 spiro atoms. The standard InChI is InChI=1S/C42H58N8O6/c1-41(2,3)55-39(53)48-28-18-20-30-31-21-19-29(49-40(54)56-42(4,5)6)26-34(31)50(35(32(30)25-28)27-15-10-9-11-16-27)24-13-8-7-12-22-46-37(52)36(51)33(43)17-14-23-47-38(44)45/h9-11,15-16,18-21,25-26,33,35H,7-8,12-14,17,22-24,43H2,1-6H3,(H,46,52)(H,48,53)(H,49,54)(H4,44,45,47)/t33-,35?/m0/s1. The van der Waals surface area contributed by atoms with E-state index in [1.165, 1.54) is 0 Å². The van der Waals surface area contributed by atoms with Gasteiger partial charge in [0, 0.05) is 42.3 Å². The average Bonchev–Trinajstić information content (AvgIpc) is 3.10. The van der Waals surface area contributed by atoms with E-state index in [0.29, 0.717) is 50.3 Å². The van der Waals surface area contributed by atoms with Crippen molar-refractivity contribution in [1.82, 2.24) is 5.32 Å². The molecular weight excluding hydrogens is 713 g/mol. The molecule has 0 aromatic heterocycles. The first kappa shape index (κ1) is 43.1. The van der Waals surface area contributed by atoms with Crippen LogP contribution in [-0.4, -0.2) is 66.7 Å². The SMILES string of the molecule is CC(C)(C)OC(=O)Nc1ccc2c(c1)C(c1ccccc1)N(CCCCCCNC(=O)C(=O)[C@@H](N)CCCN=C(N)N)c1cc(NC(=O)OC(C)(C)C)ccc1-2. The number of Topliss-reactive ketones (excluding diaryl/α,β-unsaturated/α-hetero) is 1. The number of ether oxygens (including phenoxy) is 2. The Kier molecular flexibility index (Phi) is 14.9. The number of unbranched alkanes of at least 4 members (excludes halogenated alkanes) is 3. The lowest BCUT2D eigenvalue weighted by Crippen LogP contribution is -2.42. The Bertz CT molecular complexity index is 1860. The number of guanidine groups is 1. The molecule has 4 rings (SSSR count). The summed E-state index contributed by atoms with van der Waals surface area (Å²) in [4.78, 5) is 56.7. The number of carbonyl (C=O) groups excluding carboxylic acids is 4. The first-order valence-electron chi connectivity index (χ1n) is 19.1. The second-order valence-electron chi connectivity index (χ2n) is 15.9. The minimum atomic E-state index is -0.914. The van der Waals surface area contributed by atoms with Crippen molar-refractivity contribution in [2.75, 3.05) is 35.2 Å². The van der Waals surface area contributed by atoms with Crippen molar-refractivity contribution in [3.63, 3.8) is 0 Å². The number of aliphatic imine (C=N–C) groups is 1. The molecule has 0 radical (unpaired) electrons. The van der Waals surface area contributed by atoms with Crippen molar-refractivity contribution < 1.29 is 28.7 Å². The molecule has 3 aromatic rings. The Labute approximate surface area is 329 Å². The van der Waals surface area contributed by atoms with Gasteiger partial charge in [0.1, 0.15) is 11.2 Å². The van der Waals surface area contributed by atoms with Crippen LogP contribution < -0.4 is 38.1 Å². The number of rotatable bonds is 16. The normalized spacial score (nSPS) is 14.1. The number of nitrogens with one attached hydrogen (secondary N) is 3. The zero-order valence-corrected chi connectivity index (χ0v) is 33.4. The molecule has 3 aromatic carbocycles. The Balaban J connectivity index is 1.52. The molecule has 0 bridgehead atoms. The zero-order chi connectivity index (χ0) is 41.0. The van der Waals surface area contributed by atoms with Crippen LogP contribution in [-0.2, 0) is 19.1 Å². The molecule has 302 valence electrons. The molecule has 0 saturated heterocycles. The first-order chi connectivity index (χ1) is 26.4. The van der Waals surface area contributed by atoms with Crippen molar-refractivity contribution in [2.45, 2.75) is 103 Å². The summed E-state index contributed by atoms with van der Waals surface area (Å²) < 4.78 is 11.1. The minimum Gasteiger partial charge on any atom is -0.444 e. The number of anilines is 3. The topological polar surface area (TPSA) is 216 Å². The van der Waals surface area contributed by atoms with E-state index in [-0.39, 0.29) is 12.0 Å². The highest BCUT2D eigenvalue weighted by Crippen LogP contribution is 2.49. The minimum absolute atomic E-state index is 0.0326. The number of nitrogens with zero attached hydrogens (tertiary/aromatic N) is 2. The van der Waals surface area contributed by atoms with Crippen LogP contribution in [0, 0.1) is 0 Å². The molecule has 0 saturated carbocycles. The van der Waals surface area contributed by atoms with Crippen LogP contribution in [0.25, 0.3) is 11.1 Å². The van der Waals surface area contributed by atoms with Gasteiger partial charge in [-0.05, 0) is 108 Å². The van der Waals surface area contributed by atoms with Crippen LogP contribution in [0.5, 0.6) is 0 Å². The number of hydrogen-bond donors (Lipinski definition) is 6. The van der Waals surface area contributed by atoms with Gasteiger partial charge in [0.25, 0.3) is 5.91 Å². The third kappa shape index (κ3) is 13.0. The molecule has 2 atom stereocenters. The highest BCUT2D eigenvalue weighted by atomic mass is 16.6. The van der Waals surface area contributed by atoms with Gasteiger partial charge < -0.3 is 36.9 Å². The number of fused-ring (bicyclic) bond motifs is 3. The monoisotopic (exact) mass is 770 g/mol. The van der Waals surface area contributed by atoms with Crippen molar-refractivity contribution in [2.24, 2.45) is 22.2 Å². The summed E-state index contributed by atoms with van der Waals surface area (Å²) in [7, 11) is 0. The molecule has 1 heterocycles. The number of nitrogens with two attached hydrogens (primary N) is 3. The number of ketones is 1. The van der Waals surface area contributed by atoms with Gasteiger partial charge in [-0.25, -0.2) is 9.59 Å². The molecule has 1 aliphatic heterocycles. The van der Waals surface area contributed by atoms with E-state index in [4.69, 9.17) is 26.7 Å². The Morgan fingerprint density at radius 2 is 1.36 bits per heavy atom. The van der Waals surface area contributed by atoms with E-state index in [2.05, 4.69) is 38.0 Å². The molecule has 14 heteroatoms. The van der Waals surface area contributed by atoms with Gasteiger partial charge in [0.15, 0.2) is 5.96 Å². The van der Waals surface area contributed by atoms with Crippen LogP contribution in [0.4, 0.5) is 26.7 Å². The summed E-state index contributed by atoms with van der Waals surface area (Å²) in [6.45, 7) is 12.3. The summed E-state index contributed by atoms with van der Waals surface area (Å²) in [6, 6.07) is 20.7. The van der Waals surface area contributed by atoms with Crippen LogP contribution in [0.1, 0.15) is 97.2 Å². The predicted molar refractivity (Wildman–Crippen MR) is 222 cm³/mol. The molecule has 9 N–H and O–H groups in total. The fourth-order valence-corrected chi connectivity index (χ4v) is 6.45. The summed E-state index contributed by atoms with van der Waals surface area (Å²) >= 11 is 0. The lowest BCUT2D eigenvalue weighted by atomic mass is 9.84. The molecule has 14 nitrogen and oxygen atoms in total. The number of amides is 3. The van der Waals surface area contributed by atoms with E-state index in [0.717, 1.165) is 47.2 Å². The molecular formula is C42H58N8O6. The Morgan fingerprint density at radius 1 is 0.768 bits per heavy atom. The summed E-state index contributed by atoms with van der Waals surface area (Å²) in [5.41, 5.74) is 21.4. The molecule has 0 fully saturated rings. The average molecular weight is 771 g/mol. The molecule has 1 aliphatic rings. The van der Waals surface area contributed by atoms with E-state index in [9.17, 15) is 19.2 Å². The molecule has 56 heavy (non-hydrogen) atoms. The molecule has 3 amide bonds. The number of hydrogen-bond acceptors (Lipinski definition) is 9. The van der Waals surface area contributed by atoms with E-state index in [1.54, 1.807) is 0 Å². The maximum absolute atomic E-state index is 12.8. The second kappa shape index (κ2) is 19.3. The first-order valence-corrected chi connectivity index (χ1v) is 19.1. The van der Waals surface area contributed by atoms with Crippen LogP contribution in [0.2, 0.25) is 0 Å².